The van der Waals surface area contributed by atoms with Crippen LogP contribution in [0, 0.1) is 0 Å². The van der Waals surface area contributed by atoms with Crippen molar-refractivity contribution >= 4 is 11.7 Å². The maximum Gasteiger partial charge on any atom is 0.257 e. The predicted octanol–water partition coefficient (Wildman–Crippen LogP) is 0.610. The molecule has 6 heteroatoms. The zero-order chi connectivity index (χ0) is 13.0. The number of carbonyl (C=O) groups is 1. The van der Waals surface area contributed by atoms with Gasteiger partial charge < -0.3 is 15.4 Å². The van der Waals surface area contributed by atoms with E-state index in [9.17, 15) is 4.79 Å². The summed E-state index contributed by atoms with van der Waals surface area (Å²) in [6.45, 7) is 4.31. The fourth-order valence-electron chi connectivity index (χ4n) is 2.28. The van der Waals surface area contributed by atoms with Crippen LogP contribution in [-0.4, -0.2) is 41.5 Å². The van der Waals surface area contributed by atoms with Gasteiger partial charge in [0.25, 0.3) is 5.91 Å². The fourth-order valence-corrected chi connectivity index (χ4v) is 2.28. The quantitative estimate of drug-likeness (QED) is 0.824. The van der Waals surface area contributed by atoms with Gasteiger partial charge >= 0.3 is 0 Å². The number of amides is 1. The summed E-state index contributed by atoms with van der Waals surface area (Å²) in [6, 6.07) is 1.80. The van der Waals surface area contributed by atoms with E-state index in [1.807, 2.05) is 6.92 Å². The number of nitrogens with zero attached hydrogens (tertiary/aromatic N) is 2. The third-order valence-electron chi connectivity index (χ3n) is 3.47. The van der Waals surface area contributed by atoms with Gasteiger partial charge in [0, 0.05) is 19.7 Å². The summed E-state index contributed by atoms with van der Waals surface area (Å²) >= 11 is 0. The lowest BCUT2D eigenvalue weighted by Gasteiger charge is -2.34. The number of carbonyl (C=O) groups excluding carboxylic acids is 1. The molecule has 2 N–H and O–H groups in total. The Hall–Kier alpha value is -1.40. The molecule has 6 nitrogen and oxygen atoms in total. The van der Waals surface area contributed by atoms with Crippen molar-refractivity contribution in [3.63, 3.8) is 0 Å². The lowest BCUT2D eigenvalue weighted by Crippen LogP contribution is -2.52. The summed E-state index contributed by atoms with van der Waals surface area (Å²) in [7, 11) is 1.60. The van der Waals surface area contributed by atoms with Crippen molar-refractivity contribution in [3.05, 3.63) is 12.3 Å². The number of nitrogens with one attached hydrogen (secondary N) is 2. The number of piperidine rings is 1. The number of rotatable bonds is 4. The van der Waals surface area contributed by atoms with E-state index >= 15 is 0 Å². The molecule has 2 heterocycles. The van der Waals surface area contributed by atoms with Gasteiger partial charge in [-0.1, -0.05) is 0 Å². The summed E-state index contributed by atoms with van der Waals surface area (Å²) in [4.78, 5) is 12.4. The molecule has 1 aliphatic heterocycles. The molecule has 0 spiro atoms. The summed E-state index contributed by atoms with van der Waals surface area (Å²) in [5, 5.41) is 10.3. The smallest absolute Gasteiger partial charge is 0.257 e. The van der Waals surface area contributed by atoms with Gasteiger partial charge in [-0.2, -0.15) is 5.10 Å². The van der Waals surface area contributed by atoms with Gasteiger partial charge in [-0.3, -0.25) is 4.79 Å². The van der Waals surface area contributed by atoms with Crippen LogP contribution in [0.15, 0.2) is 12.3 Å². The molecule has 1 amide bonds. The van der Waals surface area contributed by atoms with Crippen LogP contribution < -0.4 is 10.6 Å². The molecule has 1 aliphatic rings. The van der Waals surface area contributed by atoms with Gasteiger partial charge in [-0.25, -0.2) is 4.68 Å². The zero-order valence-corrected chi connectivity index (χ0v) is 10.9. The second-order valence-corrected chi connectivity index (χ2v) is 4.43. The molecule has 18 heavy (non-hydrogen) atoms. The molecule has 1 fully saturated rings. The lowest BCUT2D eigenvalue weighted by atomic mass is 9.91. The van der Waals surface area contributed by atoms with Gasteiger partial charge in [-0.15, -0.1) is 0 Å². The van der Waals surface area contributed by atoms with Gasteiger partial charge in [0.05, 0.1) is 6.20 Å². The van der Waals surface area contributed by atoms with E-state index in [1.165, 1.54) is 0 Å². The molecule has 100 valence electrons. The second kappa shape index (κ2) is 5.49. The number of hydrogen-bond donors (Lipinski definition) is 2. The predicted molar refractivity (Wildman–Crippen MR) is 68.4 cm³/mol. The first kappa shape index (κ1) is 13.0. The van der Waals surface area contributed by atoms with Crippen molar-refractivity contribution in [1.29, 1.82) is 0 Å². The highest BCUT2D eigenvalue weighted by molar-refractivity contribution is 5.96. The minimum Gasteiger partial charge on any atom is -0.368 e. The number of methoxy groups -OCH3 is 1. The first-order valence-electron chi connectivity index (χ1n) is 6.31. The normalized spacial score (nSPS) is 18.6. The second-order valence-electron chi connectivity index (χ2n) is 4.43. The van der Waals surface area contributed by atoms with E-state index in [-0.39, 0.29) is 5.91 Å². The molecule has 2 rings (SSSR count). The van der Waals surface area contributed by atoms with Crippen molar-refractivity contribution in [1.82, 2.24) is 15.1 Å². The Morgan fingerprint density at radius 2 is 2.33 bits per heavy atom. The number of anilines is 1. The average molecular weight is 252 g/mol. The summed E-state index contributed by atoms with van der Waals surface area (Å²) in [5.41, 5.74) is -0.714. The number of aryl methyl sites for hydroxylation is 1. The topological polar surface area (TPSA) is 68.2 Å². The molecule has 0 bridgehead atoms. The SMILES string of the molecule is CCn1nccc1NC(=O)C1(OC)CCNCC1. The molecular weight excluding hydrogens is 232 g/mol. The van der Waals surface area contributed by atoms with E-state index in [0.717, 1.165) is 25.5 Å². The van der Waals surface area contributed by atoms with Crippen LogP contribution in [0.25, 0.3) is 0 Å². The van der Waals surface area contributed by atoms with E-state index in [2.05, 4.69) is 15.7 Å². The van der Waals surface area contributed by atoms with Crippen molar-refractivity contribution in [2.75, 3.05) is 25.5 Å². The molecule has 0 aliphatic carbocycles. The van der Waals surface area contributed by atoms with Crippen LogP contribution in [0.2, 0.25) is 0 Å². The van der Waals surface area contributed by atoms with Crippen LogP contribution in [0.5, 0.6) is 0 Å². The minimum absolute atomic E-state index is 0.0818. The Balaban J connectivity index is 2.10. The average Bonchev–Trinajstić information content (AvgIpc) is 2.86. The number of ether oxygens (including phenoxy) is 1. The largest absolute Gasteiger partial charge is 0.368 e. The van der Waals surface area contributed by atoms with Crippen LogP contribution in [0.3, 0.4) is 0 Å². The van der Waals surface area contributed by atoms with E-state index in [1.54, 1.807) is 24.1 Å². The van der Waals surface area contributed by atoms with Gasteiger partial charge in [0.1, 0.15) is 11.4 Å². The van der Waals surface area contributed by atoms with Crippen molar-refractivity contribution in [2.24, 2.45) is 0 Å². The molecule has 1 aromatic rings. The molecular formula is C12H20N4O2. The minimum atomic E-state index is -0.714. The molecule has 0 radical (unpaired) electrons. The summed E-state index contributed by atoms with van der Waals surface area (Å²) in [6.07, 6.45) is 3.06. The Labute approximate surface area is 107 Å². The molecule has 0 unspecified atom stereocenters. The van der Waals surface area contributed by atoms with Crippen molar-refractivity contribution in [2.45, 2.75) is 31.9 Å². The Morgan fingerprint density at radius 3 is 2.94 bits per heavy atom. The van der Waals surface area contributed by atoms with Crippen LogP contribution in [0.4, 0.5) is 5.82 Å². The number of hydrogen-bond acceptors (Lipinski definition) is 4. The number of aromatic nitrogens is 2. The molecule has 0 atom stereocenters. The summed E-state index contributed by atoms with van der Waals surface area (Å²) < 4.78 is 7.23. The van der Waals surface area contributed by atoms with Crippen molar-refractivity contribution in [3.8, 4) is 0 Å². The van der Waals surface area contributed by atoms with Gasteiger partial charge in [0.15, 0.2) is 0 Å². The van der Waals surface area contributed by atoms with E-state index in [4.69, 9.17) is 4.74 Å². The Kier molecular flexibility index (Phi) is 3.98. The van der Waals surface area contributed by atoms with Crippen LogP contribution >= 0.6 is 0 Å². The maximum atomic E-state index is 12.4. The van der Waals surface area contributed by atoms with Crippen LogP contribution in [0.1, 0.15) is 19.8 Å². The highest BCUT2D eigenvalue weighted by Gasteiger charge is 2.39. The molecule has 1 saturated heterocycles. The highest BCUT2D eigenvalue weighted by atomic mass is 16.5. The lowest BCUT2D eigenvalue weighted by molar-refractivity contribution is -0.140. The van der Waals surface area contributed by atoms with Crippen LogP contribution in [-0.2, 0) is 16.1 Å². The van der Waals surface area contributed by atoms with E-state index in [0.29, 0.717) is 12.8 Å². The first-order valence-corrected chi connectivity index (χ1v) is 6.31. The third-order valence-corrected chi connectivity index (χ3v) is 3.47. The highest BCUT2D eigenvalue weighted by Crippen LogP contribution is 2.24. The summed E-state index contributed by atoms with van der Waals surface area (Å²) in [5.74, 6) is 0.638. The third kappa shape index (κ3) is 2.39. The Morgan fingerprint density at radius 1 is 1.61 bits per heavy atom. The monoisotopic (exact) mass is 252 g/mol. The zero-order valence-electron chi connectivity index (χ0n) is 10.9. The van der Waals surface area contributed by atoms with Gasteiger partial charge in [0.2, 0.25) is 0 Å². The Bertz CT molecular complexity index is 410. The standard InChI is InChI=1S/C12H20N4O2/c1-3-16-10(4-7-14-16)15-11(17)12(18-2)5-8-13-9-6-12/h4,7,13H,3,5-6,8-9H2,1-2H3,(H,15,17). The first-order chi connectivity index (χ1) is 8.72. The molecule has 1 aromatic heterocycles. The molecule has 0 aromatic carbocycles. The molecule has 0 saturated carbocycles. The maximum absolute atomic E-state index is 12.4. The van der Waals surface area contributed by atoms with Gasteiger partial charge in [-0.05, 0) is 32.9 Å². The fraction of sp³-hybridized carbons (Fsp3) is 0.667. The van der Waals surface area contributed by atoms with Crippen molar-refractivity contribution < 1.29 is 9.53 Å². The van der Waals surface area contributed by atoms with E-state index < -0.39 is 5.60 Å².